The maximum Gasteiger partial charge on any atom is 0.242 e. The van der Waals surface area contributed by atoms with Crippen molar-refractivity contribution in [3.05, 3.63) is 47.0 Å². The van der Waals surface area contributed by atoms with Crippen molar-refractivity contribution in [2.75, 3.05) is 0 Å². The molecule has 1 amide bonds. The monoisotopic (exact) mass is 313 g/mol. The molecule has 0 aliphatic carbocycles. The third-order valence-corrected chi connectivity index (χ3v) is 4.27. The first-order valence-electron chi connectivity index (χ1n) is 8.14. The van der Waals surface area contributed by atoms with Crippen LogP contribution in [0.15, 0.2) is 24.3 Å². The smallest absolute Gasteiger partial charge is 0.242 e. The van der Waals surface area contributed by atoms with Crippen molar-refractivity contribution in [3.8, 4) is 0 Å². The van der Waals surface area contributed by atoms with E-state index >= 15 is 0 Å². The van der Waals surface area contributed by atoms with E-state index in [1.165, 1.54) is 0 Å². The zero-order chi connectivity index (χ0) is 16.4. The molecule has 0 saturated heterocycles. The number of nitrogens with one attached hydrogen (secondary N) is 1. The first-order chi connectivity index (χ1) is 11.1. The number of fused-ring (bicyclic) bond motifs is 1. The fraction of sp³-hybridized carbons (Fsp3) is 0.471. The Kier molecular flexibility index (Phi) is 4.43. The van der Waals surface area contributed by atoms with Gasteiger partial charge in [-0.05, 0) is 25.3 Å². The summed E-state index contributed by atoms with van der Waals surface area (Å²) in [5, 5.41) is 7.50. The van der Waals surface area contributed by atoms with Crippen molar-refractivity contribution in [2.24, 2.45) is 5.73 Å². The Morgan fingerprint density at radius 2 is 2.17 bits per heavy atom. The Labute approximate surface area is 136 Å². The van der Waals surface area contributed by atoms with Gasteiger partial charge in [-0.25, -0.2) is 9.67 Å². The maximum atomic E-state index is 12.5. The van der Waals surface area contributed by atoms with Gasteiger partial charge in [-0.3, -0.25) is 4.79 Å². The van der Waals surface area contributed by atoms with E-state index in [1.54, 1.807) is 0 Å². The van der Waals surface area contributed by atoms with Crippen LogP contribution in [-0.4, -0.2) is 20.7 Å². The lowest BCUT2D eigenvalue weighted by molar-refractivity contribution is -0.123. The van der Waals surface area contributed by atoms with Crippen molar-refractivity contribution < 1.29 is 4.79 Å². The molecule has 6 heteroatoms. The number of hydrogen-bond acceptors (Lipinski definition) is 4. The molecule has 2 aromatic rings. The molecule has 2 heterocycles. The van der Waals surface area contributed by atoms with Crippen LogP contribution in [0.5, 0.6) is 0 Å². The first kappa shape index (κ1) is 15.7. The summed E-state index contributed by atoms with van der Waals surface area (Å²) < 4.78 is 1.91. The molecule has 23 heavy (non-hydrogen) atoms. The van der Waals surface area contributed by atoms with Gasteiger partial charge < -0.3 is 11.1 Å². The van der Waals surface area contributed by atoms with Crippen LogP contribution in [0.2, 0.25) is 0 Å². The Balaban J connectivity index is 1.73. The molecule has 1 aliphatic heterocycles. The van der Waals surface area contributed by atoms with Crippen LogP contribution in [0.1, 0.15) is 54.6 Å². The van der Waals surface area contributed by atoms with Gasteiger partial charge in [0.25, 0.3) is 0 Å². The van der Waals surface area contributed by atoms with E-state index in [4.69, 9.17) is 5.73 Å². The number of rotatable bonds is 4. The molecule has 6 nitrogen and oxygen atoms in total. The van der Waals surface area contributed by atoms with Gasteiger partial charge in [-0.1, -0.05) is 36.8 Å². The minimum absolute atomic E-state index is 0.111. The molecule has 122 valence electrons. The van der Waals surface area contributed by atoms with Gasteiger partial charge in [-0.15, -0.1) is 0 Å². The number of carbonyl (C=O) groups is 1. The summed E-state index contributed by atoms with van der Waals surface area (Å²) in [7, 11) is 0. The van der Waals surface area contributed by atoms with Gasteiger partial charge >= 0.3 is 0 Å². The lowest BCUT2D eigenvalue weighted by Crippen LogP contribution is -2.39. The molecule has 1 aromatic carbocycles. The Hall–Kier alpha value is -2.21. The van der Waals surface area contributed by atoms with E-state index in [9.17, 15) is 4.79 Å². The zero-order valence-corrected chi connectivity index (χ0v) is 13.6. The summed E-state index contributed by atoms with van der Waals surface area (Å²) in [5.41, 5.74) is 8.07. The number of amides is 1. The molecule has 1 aliphatic rings. The minimum Gasteiger partial charge on any atom is -0.344 e. The van der Waals surface area contributed by atoms with Gasteiger partial charge in [0.05, 0.1) is 6.04 Å². The van der Waals surface area contributed by atoms with Crippen molar-refractivity contribution in [1.29, 1.82) is 0 Å². The molecule has 0 fully saturated rings. The Morgan fingerprint density at radius 1 is 1.43 bits per heavy atom. The average Bonchev–Trinajstić information content (AvgIpc) is 2.99. The molecular weight excluding hydrogens is 290 g/mol. The number of hydrogen-bond donors (Lipinski definition) is 2. The zero-order valence-electron chi connectivity index (χ0n) is 13.6. The lowest BCUT2D eigenvalue weighted by atomic mass is 10.0. The fourth-order valence-electron chi connectivity index (χ4n) is 2.87. The quantitative estimate of drug-likeness (QED) is 0.901. The second-order valence-corrected chi connectivity index (χ2v) is 6.05. The first-order valence-corrected chi connectivity index (χ1v) is 8.14. The van der Waals surface area contributed by atoms with Gasteiger partial charge in [-0.2, -0.15) is 5.10 Å². The Morgan fingerprint density at radius 3 is 2.87 bits per heavy atom. The van der Waals surface area contributed by atoms with Crippen LogP contribution < -0.4 is 11.1 Å². The third-order valence-electron chi connectivity index (χ3n) is 4.27. The highest BCUT2D eigenvalue weighted by Gasteiger charge is 2.27. The van der Waals surface area contributed by atoms with E-state index in [0.29, 0.717) is 0 Å². The summed E-state index contributed by atoms with van der Waals surface area (Å²) in [6.45, 7) is 4.90. The Bertz CT molecular complexity index is 692. The summed E-state index contributed by atoms with van der Waals surface area (Å²) in [6.07, 6.45) is 2.64. The number of benzene rings is 1. The van der Waals surface area contributed by atoms with Crippen molar-refractivity contribution in [1.82, 2.24) is 20.1 Å². The average molecular weight is 313 g/mol. The fourth-order valence-corrected chi connectivity index (χ4v) is 2.87. The van der Waals surface area contributed by atoms with Crippen molar-refractivity contribution in [2.45, 2.75) is 51.7 Å². The molecule has 1 aromatic heterocycles. The van der Waals surface area contributed by atoms with Gasteiger partial charge in [0.2, 0.25) is 5.91 Å². The van der Waals surface area contributed by atoms with Crippen LogP contribution in [0, 0.1) is 6.92 Å². The predicted molar refractivity (Wildman–Crippen MR) is 87.6 cm³/mol. The minimum atomic E-state index is -0.667. The molecule has 0 saturated carbocycles. The van der Waals surface area contributed by atoms with Crippen LogP contribution in [0.25, 0.3) is 0 Å². The topological polar surface area (TPSA) is 85.8 Å². The van der Waals surface area contributed by atoms with Crippen LogP contribution >= 0.6 is 0 Å². The van der Waals surface area contributed by atoms with E-state index < -0.39 is 6.04 Å². The predicted octanol–water partition coefficient (Wildman–Crippen LogP) is 1.80. The van der Waals surface area contributed by atoms with E-state index in [1.807, 2.05) is 42.8 Å². The number of nitrogens with zero attached hydrogens (tertiary/aromatic N) is 3. The highest BCUT2D eigenvalue weighted by Crippen LogP contribution is 2.24. The van der Waals surface area contributed by atoms with Gasteiger partial charge in [0, 0.05) is 13.0 Å². The van der Waals surface area contributed by atoms with E-state index in [-0.39, 0.29) is 11.9 Å². The largest absolute Gasteiger partial charge is 0.344 e. The van der Waals surface area contributed by atoms with E-state index in [2.05, 4.69) is 15.4 Å². The number of aromatic nitrogens is 3. The SMILES string of the molecule is CCc1nc2n(n1)CCCC2NC(=O)C(N)c1ccc(C)cc1. The third kappa shape index (κ3) is 3.27. The number of nitrogens with two attached hydrogens (primary N) is 1. The number of aryl methyl sites for hydroxylation is 3. The summed E-state index contributed by atoms with van der Waals surface area (Å²) in [6, 6.07) is 6.96. The molecular formula is C17H23N5O. The maximum absolute atomic E-state index is 12.5. The highest BCUT2D eigenvalue weighted by atomic mass is 16.2. The number of carbonyl (C=O) groups excluding carboxylic acids is 1. The summed E-state index contributed by atoms with van der Waals surface area (Å²) >= 11 is 0. The van der Waals surface area contributed by atoms with Crippen LogP contribution in [-0.2, 0) is 17.8 Å². The second-order valence-electron chi connectivity index (χ2n) is 6.05. The highest BCUT2D eigenvalue weighted by molar-refractivity contribution is 5.83. The van der Waals surface area contributed by atoms with Crippen LogP contribution in [0.4, 0.5) is 0 Å². The summed E-state index contributed by atoms with van der Waals surface area (Å²) in [5.74, 6) is 1.50. The van der Waals surface area contributed by atoms with E-state index in [0.717, 1.165) is 48.6 Å². The van der Waals surface area contributed by atoms with Gasteiger partial charge in [0.15, 0.2) is 5.82 Å². The molecule has 2 unspecified atom stereocenters. The normalized spacial score (nSPS) is 18.3. The second kappa shape index (κ2) is 6.50. The molecule has 0 bridgehead atoms. The lowest BCUT2D eigenvalue weighted by Gasteiger charge is -2.24. The standard InChI is InChI=1S/C17H23N5O/c1-3-14-20-16-13(5-4-10-22(16)21-14)19-17(23)15(18)12-8-6-11(2)7-9-12/h6-9,13,15H,3-5,10,18H2,1-2H3,(H,19,23). The van der Waals surface area contributed by atoms with Crippen molar-refractivity contribution >= 4 is 5.91 Å². The summed E-state index contributed by atoms with van der Waals surface area (Å²) in [4.78, 5) is 17.0. The van der Waals surface area contributed by atoms with Crippen LogP contribution in [0.3, 0.4) is 0 Å². The molecule has 3 N–H and O–H groups in total. The van der Waals surface area contributed by atoms with Gasteiger partial charge in [0.1, 0.15) is 11.9 Å². The molecule has 0 spiro atoms. The molecule has 3 rings (SSSR count). The van der Waals surface area contributed by atoms with Crippen molar-refractivity contribution in [3.63, 3.8) is 0 Å². The molecule has 2 atom stereocenters. The molecule has 0 radical (unpaired) electrons.